The Labute approximate surface area is 132 Å². The number of rotatable bonds is 4. The molecule has 3 heterocycles. The van der Waals surface area contributed by atoms with E-state index in [0.29, 0.717) is 18.9 Å². The van der Waals surface area contributed by atoms with Gasteiger partial charge < -0.3 is 10.2 Å². The summed E-state index contributed by atoms with van der Waals surface area (Å²) in [5, 5.41) is 7.73. The van der Waals surface area contributed by atoms with Crippen LogP contribution in [0.2, 0.25) is 0 Å². The summed E-state index contributed by atoms with van der Waals surface area (Å²) in [6.07, 6.45) is 4.43. The molecule has 0 aromatic carbocycles. The Bertz CT molecular complexity index is 575. The maximum Gasteiger partial charge on any atom is 0.322 e. The van der Waals surface area contributed by atoms with E-state index in [0.717, 1.165) is 24.4 Å². The van der Waals surface area contributed by atoms with Crippen LogP contribution in [0.1, 0.15) is 36.6 Å². The third-order valence-corrected chi connectivity index (χ3v) is 5.02. The second-order valence-electron chi connectivity index (χ2n) is 5.60. The molecule has 7 nitrogen and oxygen atoms in total. The van der Waals surface area contributed by atoms with Gasteiger partial charge in [-0.15, -0.1) is 11.3 Å². The minimum absolute atomic E-state index is 0.0372. The van der Waals surface area contributed by atoms with Crippen LogP contribution in [-0.2, 0) is 9.59 Å². The van der Waals surface area contributed by atoms with Gasteiger partial charge in [0.05, 0.1) is 5.01 Å². The Morgan fingerprint density at radius 3 is 3.00 bits per heavy atom. The highest BCUT2D eigenvalue weighted by Crippen LogP contribution is 2.28. The third-order valence-electron chi connectivity index (χ3n) is 4.08. The quantitative estimate of drug-likeness (QED) is 0.804. The first-order valence-electron chi connectivity index (χ1n) is 7.42. The van der Waals surface area contributed by atoms with E-state index in [-0.39, 0.29) is 18.2 Å². The maximum absolute atomic E-state index is 12.3. The van der Waals surface area contributed by atoms with Gasteiger partial charge in [0.25, 0.3) is 5.91 Å². The van der Waals surface area contributed by atoms with Crippen molar-refractivity contribution in [3.63, 3.8) is 0 Å². The fraction of sp³-hybridized carbons (Fsp3) is 0.571. The molecule has 118 valence electrons. The Morgan fingerprint density at radius 1 is 1.45 bits per heavy atom. The third kappa shape index (κ3) is 3.27. The summed E-state index contributed by atoms with van der Waals surface area (Å²) < 4.78 is 0. The van der Waals surface area contributed by atoms with Gasteiger partial charge in [0.15, 0.2) is 0 Å². The zero-order chi connectivity index (χ0) is 15.5. The fourth-order valence-electron chi connectivity index (χ4n) is 2.93. The van der Waals surface area contributed by atoms with E-state index in [4.69, 9.17) is 0 Å². The van der Waals surface area contributed by atoms with E-state index in [1.54, 1.807) is 17.5 Å². The summed E-state index contributed by atoms with van der Waals surface area (Å²) in [6.45, 7) is 1.44. The number of likely N-dealkylation sites (tertiary alicyclic amines) is 1. The standard InChI is InChI=1S/C14H18N4O3S/c19-11(4-3-10-12(20)17-14(21)16-10)18-6-1-2-9(8-18)13-15-5-7-22-13/h5,7,9-10H,1-4,6,8H2,(H2,16,17,20,21)/t9-,10+/m0/s1. The second-order valence-corrected chi connectivity index (χ2v) is 6.53. The molecule has 1 aromatic rings. The molecule has 0 aliphatic carbocycles. The predicted octanol–water partition coefficient (Wildman–Crippen LogP) is 0.837. The number of nitrogens with zero attached hydrogens (tertiary/aromatic N) is 2. The van der Waals surface area contributed by atoms with Gasteiger partial charge in [0.2, 0.25) is 5.91 Å². The largest absolute Gasteiger partial charge is 0.342 e. The number of hydrogen-bond acceptors (Lipinski definition) is 5. The number of hydrogen-bond donors (Lipinski definition) is 2. The van der Waals surface area contributed by atoms with Crippen molar-refractivity contribution in [2.45, 2.75) is 37.6 Å². The van der Waals surface area contributed by atoms with Gasteiger partial charge in [-0.1, -0.05) is 0 Å². The van der Waals surface area contributed by atoms with E-state index in [9.17, 15) is 14.4 Å². The molecule has 0 saturated carbocycles. The van der Waals surface area contributed by atoms with Crippen LogP contribution in [0.4, 0.5) is 4.79 Å². The lowest BCUT2D eigenvalue weighted by Crippen LogP contribution is -2.40. The lowest BCUT2D eigenvalue weighted by atomic mass is 9.98. The molecule has 2 fully saturated rings. The first-order chi connectivity index (χ1) is 10.6. The molecular formula is C14H18N4O3S. The summed E-state index contributed by atoms with van der Waals surface area (Å²) in [7, 11) is 0. The fourth-order valence-corrected chi connectivity index (χ4v) is 3.70. The van der Waals surface area contributed by atoms with Crippen molar-refractivity contribution < 1.29 is 14.4 Å². The number of amides is 4. The van der Waals surface area contributed by atoms with Gasteiger partial charge in [-0.05, 0) is 19.3 Å². The predicted molar refractivity (Wildman–Crippen MR) is 80.4 cm³/mol. The van der Waals surface area contributed by atoms with E-state index in [2.05, 4.69) is 15.6 Å². The molecule has 2 aliphatic rings. The molecule has 4 amide bonds. The van der Waals surface area contributed by atoms with E-state index < -0.39 is 12.1 Å². The number of piperidine rings is 1. The average Bonchev–Trinajstić information content (AvgIpc) is 3.15. The molecule has 0 bridgehead atoms. The Hall–Kier alpha value is -1.96. The van der Waals surface area contributed by atoms with Crippen LogP contribution in [0, 0.1) is 0 Å². The van der Waals surface area contributed by atoms with Gasteiger partial charge in [-0.2, -0.15) is 0 Å². The molecule has 3 rings (SSSR count). The van der Waals surface area contributed by atoms with Crippen LogP contribution < -0.4 is 10.6 Å². The molecule has 2 aliphatic heterocycles. The number of nitrogens with one attached hydrogen (secondary N) is 2. The summed E-state index contributed by atoms with van der Waals surface area (Å²) in [5.74, 6) is -0.000469. The van der Waals surface area contributed by atoms with Crippen molar-refractivity contribution in [3.05, 3.63) is 16.6 Å². The molecule has 22 heavy (non-hydrogen) atoms. The minimum Gasteiger partial charge on any atom is -0.342 e. The lowest BCUT2D eigenvalue weighted by Gasteiger charge is -2.32. The van der Waals surface area contributed by atoms with Gasteiger partial charge in [-0.25, -0.2) is 9.78 Å². The van der Waals surface area contributed by atoms with Crippen LogP contribution in [-0.4, -0.2) is 46.9 Å². The molecule has 1 aromatic heterocycles. The number of imide groups is 1. The average molecular weight is 322 g/mol. The number of thiazole rings is 1. The number of carbonyl (C=O) groups excluding carboxylic acids is 3. The molecule has 2 saturated heterocycles. The zero-order valence-corrected chi connectivity index (χ0v) is 12.9. The Morgan fingerprint density at radius 2 is 2.32 bits per heavy atom. The highest BCUT2D eigenvalue weighted by atomic mass is 32.1. The second kappa shape index (κ2) is 6.43. The monoisotopic (exact) mass is 322 g/mol. The van der Waals surface area contributed by atoms with E-state index in [1.165, 1.54) is 0 Å². The molecule has 8 heteroatoms. The van der Waals surface area contributed by atoms with Crippen LogP contribution >= 0.6 is 11.3 Å². The first kappa shape index (κ1) is 15.0. The number of aromatic nitrogens is 1. The van der Waals surface area contributed by atoms with Crippen molar-refractivity contribution in [2.75, 3.05) is 13.1 Å². The summed E-state index contributed by atoms with van der Waals surface area (Å²) in [5.41, 5.74) is 0. The van der Waals surface area contributed by atoms with Crippen molar-refractivity contribution in [2.24, 2.45) is 0 Å². The van der Waals surface area contributed by atoms with Crippen molar-refractivity contribution in [3.8, 4) is 0 Å². The summed E-state index contributed by atoms with van der Waals surface area (Å²) >= 11 is 1.63. The number of urea groups is 1. The lowest BCUT2D eigenvalue weighted by molar-refractivity contribution is -0.132. The SMILES string of the molecule is O=C1NC(=O)[C@@H](CCC(=O)N2CCC[C@H](c3nccs3)C2)N1. The molecule has 0 unspecified atom stereocenters. The maximum atomic E-state index is 12.3. The van der Waals surface area contributed by atoms with Gasteiger partial charge >= 0.3 is 6.03 Å². The van der Waals surface area contributed by atoms with Crippen LogP contribution in [0.15, 0.2) is 11.6 Å². The molecule has 0 radical (unpaired) electrons. The summed E-state index contributed by atoms with van der Waals surface area (Å²) in [6, 6.07) is -1.07. The topological polar surface area (TPSA) is 91.4 Å². The van der Waals surface area contributed by atoms with Gasteiger partial charge in [0, 0.05) is 37.0 Å². The van der Waals surface area contributed by atoms with E-state index >= 15 is 0 Å². The van der Waals surface area contributed by atoms with Gasteiger partial charge in [-0.3, -0.25) is 14.9 Å². The molecule has 0 spiro atoms. The van der Waals surface area contributed by atoms with Crippen LogP contribution in [0.3, 0.4) is 0 Å². The van der Waals surface area contributed by atoms with Crippen LogP contribution in [0.25, 0.3) is 0 Å². The first-order valence-corrected chi connectivity index (χ1v) is 8.30. The molecular weight excluding hydrogens is 304 g/mol. The Kier molecular flexibility index (Phi) is 4.37. The summed E-state index contributed by atoms with van der Waals surface area (Å²) in [4.78, 5) is 41.0. The van der Waals surface area contributed by atoms with Crippen LogP contribution in [0.5, 0.6) is 0 Å². The van der Waals surface area contributed by atoms with Crippen molar-refractivity contribution in [1.29, 1.82) is 0 Å². The zero-order valence-electron chi connectivity index (χ0n) is 12.1. The number of carbonyl (C=O) groups is 3. The Balaban J connectivity index is 1.51. The van der Waals surface area contributed by atoms with Crippen molar-refractivity contribution >= 4 is 29.2 Å². The normalized spacial score (nSPS) is 25.0. The van der Waals surface area contributed by atoms with Gasteiger partial charge in [0.1, 0.15) is 6.04 Å². The van der Waals surface area contributed by atoms with Crippen molar-refractivity contribution in [1.82, 2.24) is 20.5 Å². The smallest absolute Gasteiger partial charge is 0.322 e. The van der Waals surface area contributed by atoms with E-state index in [1.807, 2.05) is 10.3 Å². The molecule has 2 atom stereocenters. The molecule has 2 N–H and O–H groups in total. The highest BCUT2D eigenvalue weighted by Gasteiger charge is 2.31. The minimum atomic E-state index is -0.587. The highest BCUT2D eigenvalue weighted by molar-refractivity contribution is 7.09.